The molecule has 128 valence electrons. The zero-order valence-corrected chi connectivity index (χ0v) is 15.2. The lowest BCUT2D eigenvalue weighted by atomic mass is 10.3. The first-order chi connectivity index (χ1) is 10.7. The number of hydrogen-bond acceptors (Lipinski definition) is 7. The quantitative estimate of drug-likeness (QED) is 0.317. The number of thiazole rings is 1. The summed E-state index contributed by atoms with van der Waals surface area (Å²) < 4.78 is 28.2. The summed E-state index contributed by atoms with van der Waals surface area (Å²) in [4.78, 5) is 12.5. The van der Waals surface area contributed by atoms with Crippen LogP contribution in [0.2, 0.25) is 0 Å². The molecule has 0 aliphatic carbocycles. The largest absolute Gasteiger partial charge is 0.370 e. The molecule has 0 amide bonds. The van der Waals surface area contributed by atoms with Crippen molar-refractivity contribution in [2.75, 3.05) is 5.75 Å². The highest BCUT2D eigenvalue weighted by Gasteiger charge is 2.30. The Kier molecular flexibility index (Phi) is 5.49. The van der Waals surface area contributed by atoms with E-state index in [-0.39, 0.29) is 5.96 Å². The number of rotatable bonds is 6. The maximum atomic E-state index is 11.7. The van der Waals surface area contributed by atoms with E-state index in [9.17, 15) is 8.42 Å². The number of guanidine groups is 1. The maximum absolute atomic E-state index is 11.7. The molecular formula is C11H19N7O2S3. The van der Waals surface area contributed by atoms with E-state index < -0.39 is 15.9 Å². The summed E-state index contributed by atoms with van der Waals surface area (Å²) in [5.74, 6) is 1.85. The van der Waals surface area contributed by atoms with E-state index in [0.717, 1.165) is 5.69 Å². The molecule has 0 unspecified atom stereocenters. The lowest BCUT2D eigenvalue weighted by molar-refractivity contribution is 0.458. The Labute approximate surface area is 143 Å². The number of hydrogen-bond donors (Lipinski definition) is 4. The van der Waals surface area contributed by atoms with Gasteiger partial charge < -0.3 is 11.5 Å². The van der Waals surface area contributed by atoms with Gasteiger partial charge in [-0.15, -0.1) is 11.3 Å². The molecule has 6 N–H and O–H groups in total. The summed E-state index contributed by atoms with van der Waals surface area (Å²) in [5.41, 5.74) is 10.7. The molecule has 1 aromatic heterocycles. The van der Waals surface area contributed by atoms with Gasteiger partial charge in [0.25, 0.3) is 0 Å². The van der Waals surface area contributed by atoms with Crippen molar-refractivity contribution in [1.29, 1.82) is 0 Å². The van der Waals surface area contributed by atoms with Gasteiger partial charge in [0.15, 0.2) is 5.96 Å². The van der Waals surface area contributed by atoms with Crippen LogP contribution in [0, 0.1) is 0 Å². The Morgan fingerprint density at radius 3 is 2.87 bits per heavy atom. The summed E-state index contributed by atoms with van der Waals surface area (Å²) in [7, 11) is -3.53. The second kappa shape index (κ2) is 7.03. The average molecular weight is 378 g/mol. The van der Waals surface area contributed by atoms with Gasteiger partial charge in [-0.2, -0.15) is 29.9 Å². The molecular weight excluding hydrogens is 358 g/mol. The van der Waals surface area contributed by atoms with Gasteiger partial charge in [0.2, 0.25) is 5.13 Å². The molecule has 0 bridgehead atoms. The van der Waals surface area contributed by atoms with E-state index in [0.29, 0.717) is 28.9 Å². The van der Waals surface area contributed by atoms with Crippen molar-refractivity contribution in [3.8, 4) is 0 Å². The molecule has 0 atom stereocenters. The van der Waals surface area contributed by atoms with E-state index >= 15 is 0 Å². The zero-order valence-electron chi connectivity index (χ0n) is 12.7. The monoisotopic (exact) mass is 377 g/mol. The molecule has 0 radical (unpaired) electrons. The van der Waals surface area contributed by atoms with Crippen molar-refractivity contribution in [2.45, 2.75) is 31.7 Å². The van der Waals surface area contributed by atoms with Crippen molar-refractivity contribution in [1.82, 2.24) is 14.4 Å². The van der Waals surface area contributed by atoms with Crippen molar-refractivity contribution < 1.29 is 8.42 Å². The first-order valence-corrected chi connectivity index (χ1v) is 10.2. The Morgan fingerprint density at radius 2 is 2.22 bits per heavy atom. The van der Waals surface area contributed by atoms with Gasteiger partial charge >= 0.3 is 10.2 Å². The van der Waals surface area contributed by atoms with Crippen LogP contribution < -0.4 is 20.9 Å². The zero-order chi connectivity index (χ0) is 17.1. The van der Waals surface area contributed by atoms with Crippen LogP contribution in [0.15, 0.2) is 15.4 Å². The molecule has 0 fully saturated rings. The molecule has 12 heteroatoms. The molecule has 0 saturated heterocycles. The first kappa shape index (κ1) is 18.0. The maximum Gasteiger partial charge on any atom is 0.302 e. The van der Waals surface area contributed by atoms with Gasteiger partial charge in [0.05, 0.1) is 5.69 Å². The SMILES string of the molecule is CC1(C)N=C(CCSCc2csc(N=C(N)N)n2)NS(=O)(=O)N1. The van der Waals surface area contributed by atoms with Crippen LogP contribution in [0.25, 0.3) is 0 Å². The normalized spacial score (nSPS) is 18.8. The van der Waals surface area contributed by atoms with E-state index in [4.69, 9.17) is 11.5 Å². The van der Waals surface area contributed by atoms with E-state index in [2.05, 4.69) is 24.4 Å². The highest BCUT2D eigenvalue weighted by molar-refractivity contribution is 7.98. The third-order valence-electron chi connectivity index (χ3n) is 2.55. The molecule has 2 rings (SSSR count). The highest BCUT2D eigenvalue weighted by atomic mass is 32.2. The van der Waals surface area contributed by atoms with E-state index in [1.54, 1.807) is 25.6 Å². The number of nitrogens with two attached hydrogens (primary N) is 2. The van der Waals surface area contributed by atoms with Gasteiger partial charge in [-0.1, -0.05) is 0 Å². The van der Waals surface area contributed by atoms with Crippen LogP contribution in [0.4, 0.5) is 5.13 Å². The van der Waals surface area contributed by atoms with Crippen molar-refractivity contribution in [2.24, 2.45) is 21.5 Å². The molecule has 0 saturated carbocycles. The molecule has 2 heterocycles. The number of nitrogens with one attached hydrogen (secondary N) is 2. The minimum atomic E-state index is -3.53. The van der Waals surface area contributed by atoms with Crippen LogP contribution in [0.5, 0.6) is 0 Å². The number of aromatic nitrogens is 1. The lowest BCUT2D eigenvalue weighted by Gasteiger charge is -2.28. The summed E-state index contributed by atoms with van der Waals surface area (Å²) in [6.45, 7) is 3.41. The summed E-state index contributed by atoms with van der Waals surface area (Å²) in [5, 5.41) is 2.42. The van der Waals surface area contributed by atoms with Crippen molar-refractivity contribution >= 4 is 50.2 Å². The van der Waals surface area contributed by atoms with Crippen LogP contribution in [-0.4, -0.2) is 36.6 Å². The van der Waals surface area contributed by atoms with Gasteiger partial charge in [-0.25, -0.2) is 9.98 Å². The molecule has 0 spiro atoms. The number of thioether (sulfide) groups is 1. The van der Waals surface area contributed by atoms with Crippen LogP contribution in [0.1, 0.15) is 26.0 Å². The minimum absolute atomic E-state index is 0.0163. The Morgan fingerprint density at radius 1 is 1.48 bits per heavy atom. The third-order valence-corrected chi connectivity index (χ3v) is 5.60. The molecule has 9 nitrogen and oxygen atoms in total. The van der Waals surface area contributed by atoms with E-state index in [1.807, 2.05) is 5.38 Å². The number of amidine groups is 1. The topological polar surface area (TPSA) is 148 Å². The molecule has 1 aliphatic heterocycles. The Bertz CT molecular complexity index is 720. The van der Waals surface area contributed by atoms with Gasteiger partial charge in [0, 0.05) is 23.3 Å². The summed E-state index contributed by atoms with van der Waals surface area (Å²) in [6.07, 6.45) is 0.528. The predicted octanol–water partition coefficient (Wildman–Crippen LogP) is 0.244. The van der Waals surface area contributed by atoms with Gasteiger partial charge in [0.1, 0.15) is 11.5 Å². The van der Waals surface area contributed by atoms with Crippen LogP contribution in [0.3, 0.4) is 0 Å². The Balaban J connectivity index is 1.82. The number of nitrogens with zero attached hydrogens (tertiary/aromatic N) is 3. The lowest BCUT2D eigenvalue weighted by Crippen LogP contribution is -2.54. The molecule has 1 aromatic rings. The Hall–Kier alpha value is -1.37. The second-order valence-electron chi connectivity index (χ2n) is 5.29. The third kappa shape index (κ3) is 5.97. The molecule has 1 aliphatic rings. The molecule has 0 aromatic carbocycles. The van der Waals surface area contributed by atoms with Crippen molar-refractivity contribution in [3.05, 3.63) is 11.1 Å². The minimum Gasteiger partial charge on any atom is -0.370 e. The fourth-order valence-corrected chi connectivity index (χ4v) is 4.73. The second-order valence-corrected chi connectivity index (χ2v) is 8.64. The fourth-order valence-electron chi connectivity index (χ4n) is 1.87. The van der Waals surface area contributed by atoms with Gasteiger partial charge in [-0.3, -0.25) is 4.72 Å². The van der Waals surface area contributed by atoms with Crippen LogP contribution >= 0.6 is 23.1 Å². The fraction of sp³-hybridized carbons (Fsp3) is 0.545. The summed E-state index contributed by atoms with van der Waals surface area (Å²) >= 11 is 3.00. The first-order valence-electron chi connectivity index (χ1n) is 6.67. The van der Waals surface area contributed by atoms with Gasteiger partial charge in [-0.05, 0) is 13.8 Å². The standard InChI is InChI=1S/C11H19N7O2S3/c1-11(2)16-8(17-23(19,20)18-11)3-4-21-5-7-6-22-10(14-7)15-9(12)13/h6,18H,3-5H2,1-2H3,(H,16,17)(H4,12,13,14,15). The number of aliphatic imine (C=N–C) groups is 2. The highest BCUT2D eigenvalue weighted by Crippen LogP contribution is 2.22. The smallest absolute Gasteiger partial charge is 0.302 e. The molecule has 23 heavy (non-hydrogen) atoms. The van der Waals surface area contributed by atoms with Crippen LogP contribution in [-0.2, 0) is 16.0 Å². The summed E-state index contributed by atoms with van der Waals surface area (Å²) in [6, 6.07) is 0. The van der Waals surface area contributed by atoms with Crippen molar-refractivity contribution in [3.63, 3.8) is 0 Å². The van der Waals surface area contributed by atoms with E-state index in [1.165, 1.54) is 11.3 Å². The average Bonchev–Trinajstić information content (AvgIpc) is 2.77. The predicted molar refractivity (Wildman–Crippen MR) is 95.1 cm³/mol.